The first-order chi connectivity index (χ1) is 6.61. The maximum absolute atomic E-state index is 12.5. The number of hydrogen-bond acceptors (Lipinski definition) is 2. The van der Waals surface area contributed by atoms with E-state index in [0.29, 0.717) is 14.6 Å². The Morgan fingerprint density at radius 3 is 2.79 bits per heavy atom. The number of aromatic hydroxyl groups is 1. The second kappa shape index (κ2) is 3.47. The van der Waals surface area contributed by atoms with Crippen LogP contribution in [0.25, 0.3) is 10.1 Å². The van der Waals surface area contributed by atoms with Gasteiger partial charge in [0, 0.05) is 15.4 Å². The van der Waals surface area contributed by atoms with Crippen LogP contribution in [0.5, 0.6) is 5.75 Å². The number of halogens is 3. The second-order valence-corrected chi connectivity index (χ2v) is 4.47. The van der Waals surface area contributed by atoms with Gasteiger partial charge in [-0.2, -0.15) is 0 Å². The molecule has 0 bridgehead atoms. The van der Waals surface area contributed by atoms with E-state index < -0.39 is 6.43 Å². The Morgan fingerprint density at radius 2 is 2.14 bits per heavy atom. The van der Waals surface area contributed by atoms with E-state index in [2.05, 4.69) is 15.9 Å². The largest absolute Gasteiger partial charge is 0.507 e. The first-order valence-electron chi connectivity index (χ1n) is 3.78. The molecule has 0 spiro atoms. The van der Waals surface area contributed by atoms with Crippen molar-refractivity contribution < 1.29 is 13.9 Å². The third kappa shape index (κ3) is 1.40. The molecule has 0 unspecified atom stereocenters. The molecule has 2 aromatic rings. The number of hydrogen-bond donors (Lipinski definition) is 1. The summed E-state index contributed by atoms with van der Waals surface area (Å²) >= 11 is 4.43. The highest BCUT2D eigenvalue weighted by molar-refractivity contribution is 9.10. The zero-order chi connectivity index (χ0) is 10.3. The molecule has 5 heteroatoms. The topological polar surface area (TPSA) is 20.2 Å². The molecule has 0 fully saturated rings. The van der Waals surface area contributed by atoms with Crippen molar-refractivity contribution in [1.82, 2.24) is 0 Å². The lowest BCUT2D eigenvalue weighted by Crippen LogP contribution is -1.86. The van der Waals surface area contributed by atoms with Crippen LogP contribution in [-0.4, -0.2) is 5.11 Å². The molecule has 0 saturated carbocycles. The summed E-state index contributed by atoms with van der Waals surface area (Å²) in [5.74, 6) is -0.0975. The van der Waals surface area contributed by atoms with Gasteiger partial charge in [0.15, 0.2) is 0 Å². The molecule has 0 amide bonds. The van der Waals surface area contributed by atoms with E-state index >= 15 is 0 Å². The van der Waals surface area contributed by atoms with Crippen molar-refractivity contribution in [3.05, 3.63) is 27.5 Å². The summed E-state index contributed by atoms with van der Waals surface area (Å²) < 4.78 is 26.0. The average molecular weight is 279 g/mol. The van der Waals surface area contributed by atoms with Gasteiger partial charge >= 0.3 is 0 Å². The van der Waals surface area contributed by atoms with Gasteiger partial charge in [0.05, 0.1) is 4.70 Å². The van der Waals surface area contributed by atoms with Crippen molar-refractivity contribution in [2.45, 2.75) is 6.43 Å². The summed E-state index contributed by atoms with van der Waals surface area (Å²) in [4.78, 5) is 0. The minimum Gasteiger partial charge on any atom is -0.507 e. The van der Waals surface area contributed by atoms with Crippen LogP contribution in [0.2, 0.25) is 0 Å². The molecule has 1 aromatic heterocycles. The highest BCUT2D eigenvalue weighted by Gasteiger charge is 2.17. The van der Waals surface area contributed by atoms with Gasteiger partial charge in [0.25, 0.3) is 6.43 Å². The number of phenols is 1. The molecule has 0 radical (unpaired) electrons. The van der Waals surface area contributed by atoms with E-state index in [-0.39, 0.29) is 11.3 Å². The zero-order valence-corrected chi connectivity index (χ0v) is 9.20. The third-order valence-electron chi connectivity index (χ3n) is 1.92. The van der Waals surface area contributed by atoms with Gasteiger partial charge in [-0.1, -0.05) is 0 Å². The number of rotatable bonds is 1. The number of thiophene rings is 1. The summed E-state index contributed by atoms with van der Waals surface area (Å²) in [5, 5.41) is 11.8. The van der Waals surface area contributed by atoms with E-state index in [0.717, 1.165) is 6.07 Å². The Balaban J connectivity index is 2.82. The minimum atomic E-state index is -2.58. The van der Waals surface area contributed by atoms with Crippen LogP contribution in [0, 0.1) is 0 Å². The van der Waals surface area contributed by atoms with Crippen molar-refractivity contribution >= 4 is 37.4 Å². The molecule has 0 saturated heterocycles. The molecule has 0 aliphatic rings. The third-order valence-corrected chi connectivity index (χ3v) is 3.97. The lowest BCUT2D eigenvalue weighted by atomic mass is 10.1. The molecule has 0 aliphatic heterocycles. The molecule has 2 rings (SSSR count). The van der Waals surface area contributed by atoms with Crippen molar-refractivity contribution in [3.8, 4) is 5.75 Å². The van der Waals surface area contributed by atoms with Crippen LogP contribution >= 0.6 is 27.3 Å². The molecule has 14 heavy (non-hydrogen) atoms. The number of benzene rings is 1. The zero-order valence-electron chi connectivity index (χ0n) is 6.80. The van der Waals surface area contributed by atoms with Gasteiger partial charge in [-0.25, -0.2) is 8.78 Å². The number of phenolic OH excluding ortho intramolecular Hbond substituents is 1. The summed E-state index contributed by atoms with van der Waals surface area (Å²) in [6, 6.07) is 2.80. The van der Waals surface area contributed by atoms with Crippen molar-refractivity contribution in [2.24, 2.45) is 0 Å². The Labute approximate surface area is 91.1 Å². The van der Waals surface area contributed by atoms with Gasteiger partial charge in [-0.3, -0.25) is 0 Å². The fraction of sp³-hybridized carbons (Fsp3) is 0.111. The summed E-state index contributed by atoms with van der Waals surface area (Å²) in [5.41, 5.74) is -0.169. The van der Waals surface area contributed by atoms with Gasteiger partial charge in [0.1, 0.15) is 5.75 Å². The predicted molar refractivity (Wildman–Crippen MR) is 56.1 cm³/mol. The maximum atomic E-state index is 12.5. The van der Waals surface area contributed by atoms with Crippen LogP contribution < -0.4 is 0 Å². The fourth-order valence-electron chi connectivity index (χ4n) is 1.26. The minimum absolute atomic E-state index is 0.0975. The van der Waals surface area contributed by atoms with E-state index in [1.54, 1.807) is 11.4 Å². The van der Waals surface area contributed by atoms with E-state index in [9.17, 15) is 13.9 Å². The van der Waals surface area contributed by atoms with Gasteiger partial charge in [-0.15, -0.1) is 11.3 Å². The quantitative estimate of drug-likeness (QED) is 0.824. The molecule has 1 heterocycles. The Hall–Kier alpha value is -0.680. The monoisotopic (exact) mass is 278 g/mol. The standard InChI is InChI=1S/C9H5BrF2OS/c10-7-5(9(11)12)3-6(13)4-1-2-14-8(4)7/h1-3,9,13H. The Bertz CT molecular complexity index is 481. The van der Waals surface area contributed by atoms with Crippen LogP contribution in [0.3, 0.4) is 0 Å². The number of alkyl halides is 2. The van der Waals surface area contributed by atoms with Crippen LogP contribution in [0.4, 0.5) is 8.78 Å². The van der Waals surface area contributed by atoms with Crippen LogP contribution in [0.1, 0.15) is 12.0 Å². The Kier molecular flexibility index (Phi) is 2.45. The highest BCUT2D eigenvalue weighted by atomic mass is 79.9. The van der Waals surface area contributed by atoms with Gasteiger partial charge < -0.3 is 5.11 Å². The summed E-state index contributed by atoms with van der Waals surface area (Å²) in [6.45, 7) is 0. The van der Waals surface area contributed by atoms with Gasteiger partial charge in [-0.05, 0) is 33.4 Å². The Morgan fingerprint density at radius 1 is 1.43 bits per heavy atom. The lowest BCUT2D eigenvalue weighted by Gasteiger charge is -2.05. The maximum Gasteiger partial charge on any atom is 0.265 e. The second-order valence-electron chi connectivity index (χ2n) is 2.76. The molecule has 1 nitrogen and oxygen atoms in total. The molecule has 0 aliphatic carbocycles. The van der Waals surface area contributed by atoms with E-state index in [4.69, 9.17) is 0 Å². The molecular formula is C9H5BrF2OS. The first kappa shape index (κ1) is 9.86. The van der Waals surface area contributed by atoms with E-state index in [1.165, 1.54) is 11.3 Å². The highest BCUT2D eigenvalue weighted by Crippen LogP contribution is 2.41. The number of fused-ring (bicyclic) bond motifs is 1. The average Bonchev–Trinajstić information content (AvgIpc) is 2.59. The lowest BCUT2D eigenvalue weighted by molar-refractivity contribution is 0.150. The molecule has 1 aromatic carbocycles. The fourth-order valence-corrected chi connectivity index (χ4v) is 2.90. The normalized spacial score (nSPS) is 11.4. The first-order valence-corrected chi connectivity index (χ1v) is 5.45. The SMILES string of the molecule is Oc1cc(C(F)F)c(Br)c2sccc12. The molecule has 0 atom stereocenters. The smallest absolute Gasteiger partial charge is 0.265 e. The van der Waals surface area contributed by atoms with Crippen LogP contribution in [-0.2, 0) is 0 Å². The predicted octanol–water partition coefficient (Wildman–Crippen LogP) is 4.31. The van der Waals surface area contributed by atoms with Crippen molar-refractivity contribution in [1.29, 1.82) is 0 Å². The summed E-state index contributed by atoms with van der Waals surface area (Å²) in [7, 11) is 0. The van der Waals surface area contributed by atoms with Gasteiger partial charge in [0.2, 0.25) is 0 Å². The molecule has 74 valence electrons. The van der Waals surface area contributed by atoms with Crippen molar-refractivity contribution in [2.75, 3.05) is 0 Å². The molecule has 1 N–H and O–H groups in total. The van der Waals surface area contributed by atoms with E-state index in [1.807, 2.05) is 0 Å². The van der Waals surface area contributed by atoms with Crippen LogP contribution in [0.15, 0.2) is 22.0 Å². The summed E-state index contributed by atoms with van der Waals surface area (Å²) in [6.07, 6.45) is -2.58. The van der Waals surface area contributed by atoms with Crippen molar-refractivity contribution in [3.63, 3.8) is 0 Å². The molecular weight excluding hydrogens is 274 g/mol.